The van der Waals surface area contributed by atoms with Crippen LogP contribution in [0.3, 0.4) is 0 Å². The van der Waals surface area contributed by atoms with E-state index in [0.29, 0.717) is 12.1 Å². The van der Waals surface area contributed by atoms with Crippen LogP contribution in [0.25, 0.3) is 0 Å². The van der Waals surface area contributed by atoms with E-state index in [0.717, 1.165) is 19.3 Å². The van der Waals surface area contributed by atoms with E-state index in [1.54, 1.807) is 7.11 Å². The Kier molecular flexibility index (Phi) is 3.88. The molecule has 1 aliphatic carbocycles. The normalized spacial score (nSPS) is 28.8. The Morgan fingerprint density at radius 2 is 2.42 bits per heavy atom. The topological polar surface area (TPSA) is 38.3 Å². The van der Waals surface area contributed by atoms with Crippen LogP contribution in [-0.4, -0.2) is 30.9 Å². The summed E-state index contributed by atoms with van der Waals surface area (Å²) < 4.78 is 5.19. The Hall–Kier alpha value is -0.220. The van der Waals surface area contributed by atoms with E-state index in [-0.39, 0.29) is 11.7 Å². The highest BCUT2D eigenvalue weighted by Crippen LogP contribution is 2.21. The summed E-state index contributed by atoms with van der Waals surface area (Å²) in [5, 5.41) is 2.90. The Balaban J connectivity index is 2.23. The fourth-order valence-electron chi connectivity index (χ4n) is 1.56. The van der Waals surface area contributed by atoms with E-state index in [1.165, 1.54) is 0 Å². The second-order valence-electron chi connectivity index (χ2n) is 3.09. The molecule has 0 aliphatic heterocycles. The van der Waals surface area contributed by atoms with Crippen LogP contribution in [0.4, 0.5) is 0 Å². The van der Waals surface area contributed by atoms with Crippen LogP contribution >= 0.6 is 12.6 Å². The molecule has 1 aliphatic rings. The lowest BCUT2D eigenvalue weighted by atomic mass is 10.2. The smallest absolute Gasteiger partial charge is 0.229 e. The molecule has 0 saturated heterocycles. The average Bonchev–Trinajstić information content (AvgIpc) is 2.52. The van der Waals surface area contributed by atoms with Gasteiger partial charge in [-0.05, 0) is 19.3 Å². The first-order valence-corrected chi connectivity index (χ1v) is 4.82. The maximum absolute atomic E-state index is 10.9. The summed E-state index contributed by atoms with van der Waals surface area (Å²) in [6, 6.07) is 0.301. The molecule has 3 nitrogen and oxygen atoms in total. The molecule has 0 spiro atoms. The molecule has 4 heteroatoms. The molecule has 12 heavy (non-hydrogen) atoms. The molecule has 0 aromatic heterocycles. The highest BCUT2D eigenvalue weighted by atomic mass is 32.1. The third kappa shape index (κ3) is 2.68. The maximum Gasteiger partial charge on any atom is 0.229 e. The number of methoxy groups -OCH3 is 1. The number of hydrogen-bond donors (Lipinski definition) is 2. The Bertz CT molecular complexity index is 163. The Labute approximate surface area is 78.3 Å². The van der Waals surface area contributed by atoms with Crippen LogP contribution in [-0.2, 0) is 9.53 Å². The summed E-state index contributed by atoms with van der Waals surface area (Å²) in [5.41, 5.74) is 0. The molecule has 1 N–H and O–H groups in total. The van der Waals surface area contributed by atoms with Crippen LogP contribution in [0.2, 0.25) is 0 Å². The van der Waals surface area contributed by atoms with Crippen molar-refractivity contribution in [3.05, 3.63) is 0 Å². The molecule has 2 atom stereocenters. The number of carbonyl (C=O) groups is 1. The number of carbonyl (C=O) groups excluding carboxylic acids is 1. The van der Waals surface area contributed by atoms with E-state index >= 15 is 0 Å². The highest BCUT2D eigenvalue weighted by Gasteiger charge is 2.24. The lowest BCUT2D eigenvalue weighted by Crippen LogP contribution is -2.34. The molecule has 0 bridgehead atoms. The Morgan fingerprint density at radius 1 is 1.67 bits per heavy atom. The van der Waals surface area contributed by atoms with E-state index < -0.39 is 0 Å². The van der Waals surface area contributed by atoms with Crippen molar-refractivity contribution in [2.24, 2.45) is 0 Å². The summed E-state index contributed by atoms with van der Waals surface area (Å²) in [4.78, 5) is 10.9. The molecule has 1 rings (SSSR count). The van der Waals surface area contributed by atoms with Crippen LogP contribution in [0.5, 0.6) is 0 Å². The highest BCUT2D eigenvalue weighted by molar-refractivity contribution is 7.81. The largest absolute Gasteiger partial charge is 0.381 e. The molecule has 0 heterocycles. The molecule has 1 amide bonds. The van der Waals surface area contributed by atoms with Gasteiger partial charge in [-0.3, -0.25) is 4.79 Å². The van der Waals surface area contributed by atoms with Crippen LogP contribution in [0.15, 0.2) is 0 Å². The van der Waals surface area contributed by atoms with Crippen LogP contribution in [0, 0.1) is 0 Å². The van der Waals surface area contributed by atoms with Gasteiger partial charge >= 0.3 is 0 Å². The summed E-state index contributed by atoms with van der Waals surface area (Å²) in [6.45, 7) is 0. The summed E-state index contributed by atoms with van der Waals surface area (Å²) in [6.07, 6.45) is 3.34. The first-order valence-electron chi connectivity index (χ1n) is 4.19. The Morgan fingerprint density at radius 3 is 2.92 bits per heavy atom. The van der Waals surface area contributed by atoms with E-state index in [2.05, 4.69) is 17.9 Å². The van der Waals surface area contributed by atoms with Gasteiger partial charge in [-0.1, -0.05) is 0 Å². The maximum atomic E-state index is 10.9. The van der Waals surface area contributed by atoms with Gasteiger partial charge in [0.1, 0.15) is 0 Å². The number of hydrogen-bond acceptors (Lipinski definition) is 3. The fraction of sp³-hybridized carbons (Fsp3) is 0.875. The van der Waals surface area contributed by atoms with Gasteiger partial charge in [0, 0.05) is 13.2 Å². The van der Waals surface area contributed by atoms with Gasteiger partial charge in [0.2, 0.25) is 5.91 Å². The van der Waals surface area contributed by atoms with Crippen LogP contribution in [0.1, 0.15) is 19.3 Å². The zero-order chi connectivity index (χ0) is 8.97. The molecule has 2 unspecified atom stereocenters. The van der Waals surface area contributed by atoms with Gasteiger partial charge in [-0.25, -0.2) is 0 Å². The minimum atomic E-state index is 0.0140. The zero-order valence-corrected chi connectivity index (χ0v) is 8.14. The molecule has 1 fully saturated rings. The lowest BCUT2D eigenvalue weighted by molar-refractivity contribution is -0.119. The minimum Gasteiger partial charge on any atom is -0.381 e. The number of thiol groups is 1. The molecule has 0 aromatic rings. The van der Waals surface area contributed by atoms with Gasteiger partial charge in [0.25, 0.3) is 0 Å². The quantitative estimate of drug-likeness (QED) is 0.638. The minimum absolute atomic E-state index is 0.0140. The monoisotopic (exact) mass is 189 g/mol. The van der Waals surface area contributed by atoms with Crippen molar-refractivity contribution in [2.75, 3.05) is 12.9 Å². The molecular weight excluding hydrogens is 174 g/mol. The summed E-state index contributed by atoms with van der Waals surface area (Å²) in [7, 11) is 1.72. The molecule has 0 radical (unpaired) electrons. The molecular formula is C8H15NO2S. The average molecular weight is 189 g/mol. The number of nitrogens with one attached hydrogen (secondary N) is 1. The standard InChI is InChI=1S/C8H15NO2S/c1-11-7-3-2-6(4-7)9-8(10)5-12/h6-7,12H,2-5H2,1H3,(H,9,10). The third-order valence-electron chi connectivity index (χ3n) is 2.23. The van der Waals surface area contributed by atoms with Crippen molar-refractivity contribution < 1.29 is 9.53 Å². The number of ether oxygens (including phenoxy) is 1. The van der Waals surface area contributed by atoms with Crippen LogP contribution < -0.4 is 5.32 Å². The SMILES string of the molecule is COC1CCC(NC(=O)CS)C1. The first-order chi connectivity index (χ1) is 5.76. The first kappa shape index (κ1) is 9.86. The fourth-order valence-corrected chi connectivity index (χ4v) is 1.65. The van der Waals surface area contributed by atoms with Gasteiger partial charge < -0.3 is 10.1 Å². The second-order valence-corrected chi connectivity index (χ2v) is 3.41. The van der Waals surface area contributed by atoms with E-state index in [9.17, 15) is 4.79 Å². The predicted octanol–water partition coefficient (Wildman–Crippen LogP) is 0.600. The molecule has 70 valence electrons. The number of amides is 1. The molecule has 0 aromatic carbocycles. The van der Waals surface area contributed by atoms with Crippen molar-refractivity contribution in [3.63, 3.8) is 0 Å². The van der Waals surface area contributed by atoms with Gasteiger partial charge in [-0.15, -0.1) is 0 Å². The van der Waals surface area contributed by atoms with Crippen molar-refractivity contribution in [1.82, 2.24) is 5.32 Å². The van der Waals surface area contributed by atoms with Gasteiger partial charge in [0.05, 0.1) is 11.9 Å². The van der Waals surface area contributed by atoms with Crippen molar-refractivity contribution in [3.8, 4) is 0 Å². The lowest BCUT2D eigenvalue weighted by Gasteiger charge is -2.11. The zero-order valence-electron chi connectivity index (χ0n) is 7.25. The van der Waals surface area contributed by atoms with E-state index in [4.69, 9.17) is 4.74 Å². The second kappa shape index (κ2) is 4.72. The summed E-state index contributed by atoms with van der Waals surface area (Å²) >= 11 is 3.89. The summed E-state index contributed by atoms with van der Waals surface area (Å²) in [5.74, 6) is 0.286. The van der Waals surface area contributed by atoms with Crippen molar-refractivity contribution in [2.45, 2.75) is 31.4 Å². The number of rotatable bonds is 3. The van der Waals surface area contributed by atoms with Gasteiger partial charge in [-0.2, -0.15) is 12.6 Å². The third-order valence-corrected chi connectivity index (χ3v) is 2.51. The van der Waals surface area contributed by atoms with Gasteiger partial charge in [0.15, 0.2) is 0 Å². The van der Waals surface area contributed by atoms with Crippen molar-refractivity contribution >= 4 is 18.5 Å². The predicted molar refractivity (Wildman–Crippen MR) is 50.4 cm³/mol. The molecule has 1 saturated carbocycles. The van der Waals surface area contributed by atoms with Crippen molar-refractivity contribution in [1.29, 1.82) is 0 Å². The van der Waals surface area contributed by atoms with E-state index in [1.807, 2.05) is 0 Å².